The molecule has 0 saturated carbocycles. The number of hydrogen-bond acceptors (Lipinski definition) is 14. The van der Waals surface area contributed by atoms with Gasteiger partial charge in [0, 0.05) is 0 Å². The highest BCUT2D eigenvalue weighted by Crippen LogP contribution is 2.37. The number of carbonyl (C=O) groups is 2. The molecule has 0 amide bonds. The summed E-state index contributed by atoms with van der Waals surface area (Å²) in [5.74, 6) is -7.45. The molecule has 3 rings (SSSR count). The van der Waals surface area contributed by atoms with Gasteiger partial charge in [-0.1, -0.05) is 0 Å². The second kappa shape index (κ2) is 9.48. The number of benzene rings is 2. The average molecular weight is 484 g/mol. The molecule has 34 heavy (non-hydrogen) atoms. The van der Waals surface area contributed by atoms with Crippen molar-refractivity contribution in [1.29, 1.82) is 0 Å². The van der Waals surface area contributed by atoms with E-state index in [0.717, 1.165) is 24.3 Å². The highest BCUT2D eigenvalue weighted by atomic mass is 16.7. The molecule has 1 heterocycles. The number of esters is 2. The Bertz CT molecular complexity index is 1050. The zero-order valence-electron chi connectivity index (χ0n) is 17.0. The van der Waals surface area contributed by atoms with Crippen LogP contribution < -0.4 is 0 Å². The monoisotopic (exact) mass is 484 g/mol. The lowest BCUT2D eigenvalue weighted by Crippen LogP contribution is -2.59. The van der Waals surface area contributed by atoms with Crippen molar-refractivity contribution in [3.05, 3.63) is 35.4 Å². The summed E-state index contributed by atoms with van der Waals surface area (Å²) in [6.07, 6.45) is -9.09. The van der Waals surface area contributed by atoms with Gasteiger partial charge in [-0.2, -0.15) is 0 Å². The number of carbonyl (C=O) groups excluding carboxylic acids is 2. The summed E-state index contributed by atoms with van der Waals surface area (Å²) in [7, 11) is 0. The lowest BCUT2D eigenvalue weighted by molar-refractivity contribution is -0.285. The van der Waals surface area contributed by atoms with E-state index in [-0.39, 0.29) is 5.56 Å². The lowest BCUT2D eigenvalue weighted by Gasteiger charge is -2.39. The maximum absolute atomic E-state index is 12.3. The normalized spacial score (nSPS) is 24.4. The number of phenolic OH excluding ortho intramolecular Hbond substituents is 6. The molecule has 1 aliphatic heterocycles. The molecule has 0 unspecified atom stereocenters. The predicted octanol–water partition coefficient (Wildman–Crippen LogP) is -1.26. The van der Waals surface area contributed by atoms with Gasteiger partial charge in [0.2, 0.25) is 6.29 Å². The van der Waals surface area contributed by atoms with Gasteiger partial charge >= 0.3 is 11.9 Å². The quantitative estimate of drug-likeness (QED) is 0.178. The molecule has 0 aliphatic carbocycles. The molecule has 184 valence electrons. The number of ether oxygens (including phenoxy) is 3. The van der Waals surface area contributed by atoms with E-state index < -0.39 is 89.3 Å². The largest absolute Gasteiger partial charge is 0.504 e. The molecule has 1 fully saturated rings. The zero-order chi connectivity index (χ0) is 25.3. The first-order valence-corrected chi connectivity index (χ1v) is 9.48. The predicted molar refractivity (Wildman–Crippen MR) is 105 cm³/mol. The Morgan fingerprint density at radius 3 is 1.62 bits per heavy atom. The van der Waals surface area contributed by atoms with E-state index >= 15 is 0 Å². The maximum Gasteiger partial charge on any atom is 0.340 e. The highest BCUT2D eigenvalue weighted by molar-refractivity contribution is 5.91. The number of aliphatic hydroxyl groups excluding tert-OH is 3. The molecule has 14 heteroatoms. The minimum Gasteiger partial charge on any atom is -0.504 e. The van der Waals surface area contributed by atoms with Crippen molar-refractivity contribution in [3.63, 3.8) is 0 Å². The number of aliphatic hydroxyl groups is 3. The summed E-state index contributed by atoms with van der Waals surface area (Å²) in [5, 5.41) is 86.9. The Hall–Kier alpha value is -3.98. The molecule has 0 spiro atoms. The molecule has 0 aromatic heterocycles. The summed E-state index contributed by atoms with van der Waals surface area (Å²) in [4.78, 5) is 24.5. The summed E-state index contributed by atoms with van der Waals surface area (Å²) in [5.41, 5.74) is -0.840. The fraction of sp³-hybridized carbons (Fsp3) is 0.300. The third-order valence-electron chi connectivity index (χ3n) is 4.88. The molecule has 1 aliphatic rings. The topological polar surface area (TPSA) is 244 Å². The summed E-state index contributed by atoms with van der Waals surface area (Å²) < 4.78 is 15.0. The van der Waals surface area contributed by atoms with Gasteiger partial charge in [-0.15, -0.1) is 0 Å². The van der Waals surface area contributed by atoms with Crippen molar-refractivity contribution >= 4 is 11.9 Å². The Labute approximate surface area is 189 Å². The van der Waals surface area contributed by atoms with E-state index in [1.54, 1.807) is 0 Å². The van der Waals surface area contributed by atoms with Crippen LogP contribution in [0.5, 0.6) is 34.5 Å². The second-order valence-electron chi connectivity index (χ2n) is 7.24. The van der Waals surface area contributed by atoms with Crippen LogP contribution in [0.25, 0.3) is 0 Å². The van der Waals surface area contributed by atoms with Gasteiger partial charge in [-0.3, -0.25) is 0 Å². The third kappa shape index (κ3) is 4.84. The fourth-order valence-corrected chi connectivity index (χ4v) is 3.01. The third-order valence-corrected chi connectivity index (χ3v) is 4.88. The van der Waals surface area contributed by atoms with Crippen LogP contribution in [0.2, 0.25) is 0 Å². The van der Waals surface area contributed by atoms with Crippen molar-refractivity contribution in [3.8, 4) is 34.5 Å². The van der Waals surface area contributed by atoms with Crippen LogP contribution in [0.3, 0.4) is 0 Å². The SMILES string of the molecule is O=C(OC[C@@H]1O[C@@H](OC(=O)c2cc(O)c(O)c(O)c2)[C@H](O)[C@@H](O)[C@@H]1O)c1cc(O)c(O)c(O)c1. The number of aromatic hydroxyl groups is 6. The van der Waals surface area contributed by atoms with E-state index in [1.807, 2.05) is 0 Å². The first-order chi connectivity index (χ1) is 15.9. The van der Waals surface area contributed by atoms with Crippen molar-refractivity contribution in [1.82, 2.24) is 0 Å². The molecular formula is C20H20O14. The number of phenols is 6. The van der Waals surface area contributed by atoms with Gasteiger partial charge in [0.15, 0.2) is 34.5 Å². The number of rotatable bonds is 5. The van der Waals surface area contributed by atoms with Crippen LogP contribution >= 0.6 is 0 Å². The van der Waals surface area contributed by atoms with E-state index in [4.69, 9.17) is 14.2 Å². The average Bonchev–Trinajstić information content (AvgIpc) is 2.79. The summed E-state index contributed by atoms with van der Waals surface area (Å²) in [6, 6.07) is 3.08. The van der Waals surface area contributed by atoms with Gasteiger partial charge in [-0.05, 0) is 24.3 Å². The Morgan fingerprint density at radius 1 is 0.706 bits per heavy atom. The minimum atomic E-state index is -1.95. The van der Waals surface area contributed by atoms with Crippen molar-refractivity contribution in [2.45, 2.75) is 30.7 Å². The van der Waals surface area contributed by atoms with Gasteiger partial charge in [0.25, 0.3) is 0 Å². The Kier molecular flexibility index (Phi) is 6.88. The van der Waals surface area contributed by atoms with E-state index in [1.165, 1.54) is 0 Å². The van der Waals surface area contributed by atoms with Crippen molar-refractivity contribution in [2.75, 3.05) is 6.61 Å². The van der Waals surface area contributed by atoms with Crippen LogP contribution in [-0.2, 0) is 14.2 Å². The molecule has 2 aromatic carbocycles. The van der Waals surface area contributed by atoms with E-state index in [0.29, 0.717) is 0 Å². The van der Waals surface area contributed by atoms with Crippen LogP contribution in [0.4, 0.5) is 0 Å². The minimum absolute atomic E-state index is 0.381. The lowest BCUT2D eigenvalue weighted by atomic mass is 9.99. The zero-order valence-corrected chi connectivity index (χ0v) is 17.0. The van der Waals surface area contributed by atoms with Gasteiger partial charge in [-0.25, -0.2) is 9.59 Å². The summed E-state index contributed by atoms with van der Waals surface area (Å²) >= 11 is 0. The molecule has 0 bridgehead atoms. The van der Waals surface area contributed by atoms with Crippen LogP contribution in [0.1, 0.15) is 20.7 Å². The summed E-state index contributed by atoms with van der Waals surface area (Å²) in [6.45, 7) is -0.749. The van der Waals surface area contributed by atoms with Crippen molar-refractivity contribution < 1.29 is 69.8 Å². The smallest absolute Gasteiger partial charge is 0.340 e. The Balaban J connectivity index is 1.70. The van der Waals surface area contributed by atoms with Gasteiger partial charge in [0.1, 0.15) is 31.0 Å². The van der Waals surface area contributed by atoms with Crippen LogP contribution in [0, 0.1) is 0 Å². The molecule has 9 N–H and O–H groups in total. The van der Waals surface area contributed by atoms with Crippen LogP contribution in [0.15, 0.2) is 24.3 Å². The standard InChI is InChI=1S/C20H20O14/c21-8-1-6(2-9(22)13(8)25)18(30)32-5-12-15(27)16(28)17(29)20(33-12)34-19(31)7-3-10(23)14(26)11(24)4-7/h1-4,12,15-17,20-29H,5H2/t12-,15+,16-,17+,20-/m0/s1. The number of hydrogen-bond donors (Lipinski definition) is 9. The molecular weight excluding hydrogens is 464 g/mol. The molecule has 5 atom stereocenters. The molecule has 1 saturated heterocycles. The highest BCUT2D eigenvalue weighted by Gasteiger charge is 2.46. The van der Waals surface area contributed by atoms with E-state index in [2.05, 4.69) is 0 Å². The Morgan fingerprint density at radius 2 is 1.15 bits per heavy atom. The van der Waals surface area contributed by atoms with Crippen molar-refractivity contribution in [2.24, 2.45) is 0 Å². The molecule has 14 nitrogen and oxygen atoms in total. The van der Waals surface area contributed by atoms with Gasteiger partial charge < -0.3 is 60.2 Å². The molecule has 0 radical (unpaired) electrons. The van der Waals surface area contributed by atoms with Gasteiger partial charge in [0.05, 0.1) is 11.1 Å². The maximum atomic E-state index is 12.3. The fourth-order valence-electron chi connectivity index (χ4n) is 3.01. The first kappa shape index (κ1) is 24.7. The molecule has 2 aromatic rings. The second-order valence-corrected chi connectivity index (χ2v) is 7.24. The van der Waals surface area contributed by atoms with Crippen LogP contribution in [-0.4, -0.2) is 95.2 Å². The van der Waals surface area contributed by atoms with E-state index in [9.17, 15) is 55.5 Å². The first-order valence-electron chi connectivity index (χ1n) is 9.48.